The third-order valence-corrected chi connectivity index (χ3v) is 3.03. The van der Waals surface area contributed by atoms with E-state index in [9.17, 15) is 0 Å². The summed E-state index contributed by atoms with van der Waals surface area (Å²) in [6, 6.07) is 0.401. The van der Waals surface area contributed by atoms with E-state index < -0.39 is 0 Å². The minimum Gasteiger partial charge on any atom is -0.378 e. The van der Waals surface area contributed by atoms with Gasteiger partial charge < -0.3 is 5.32 Å². The molecular formula is C13H22ClN5. The Morgan fingerprint density at radius 3 is 2.32 bits per heavy atom. The van der Waals surface area contributed by atoms with Gasteiger partial charge in [0.1, 0.15) is 0 Å². The van der Waals surface area contributed by atoms with Gasteiger partial charge in [0, 0.05) is 37.6 Å². The van der Waals surface area contributed by atoms with Crippen LogP contribution in [-0.2, 0) is 13.6 Å². The first-order chi connectivity index (χ1) is 8.47. The molecule has 5 nitrogen and oxygen atoms in total. The number of nitrogens with zero attached hydrogens (tertiary/aromatic N) is 4. The predicted octanol–water partition coefficient (Wildman–Crippen LogP) is 2.85. The Kier molecular flexibility index (Phi) is 5.00. The molecule has 106 valence electrons. The van der Waals surface area contributed by atoms with Crippen LogP contribution in [0.5, 0.6) is 0 Å². The third kappa shape index (κ3) is 3.50. The number of halogens is 1. The molecule has 0 saturated heterocycles. The van der Waals surface area contributed by atoms with Crippen LogP contribution in [0.15, 0.2) is 12.4 Å². The molecule has 0 saturated carbocycles. The van der Waals surface area contributed by atoms with Gasteiger partial charge in [0.05, 0.1) is 17.1 Å². The van der Waals surface area contributed by atoms with E-state index in [-0.39, 0.29) is 12.4 Å². The molecule has 2 heterocycles. The molecule has 0 unspecified atom stereocenters. The normalized spacial score (nSPS) is 10.6. The average Bonchev–Trinajstić information content (AvgIpc) is 2.79. The molecule has 0 spiro atoms. The van der Waals surface area contributed by atoms with Crippen molar-refractivity contribution in [1.29, 1.82) is 0 Å². The molecule has 0 fully saturated rings. The minimum atomic E-state index is 0. The van der Waals surface area contributed by atoms with Crippen LogP contribution in [0, 0.1) is 13.8 Å². The van der Waals surface area contributed by atoms with Crippen LogP contribution in [0.2, 0.25) is 0 Å². The Hall–Kier alpha value is -1.49. The first kappa shape index (κ1) is 15.6. The van der Waals surface area contributed by atoms with Crippen LogP contribution >= 0.6 is 12.4 Å². The third-order valence-electron chi connectivity index (χ3n) is 3.03. The van der Waals surface area contributed by atoms with Gasteiger partial charge in [-0.05, 0) is 27.7 Å². The molecule has 0 aliphatic heterocycles. The molecular weight excluding hydrogens is 262 g/mol. The standard InChI is InChI=1S/C13H21N5.ClH/c1-9(2)18-7-12(10(3)16-18)6-14-13-8-17(5)15-11(13)4;/h7-9,14H,6H2,1-5H3;1H. The summed E-state index contributed by atoms with van der Waals surface area (Å²) in [5.74, 6) is 0. The lowest BCUT2D eigenvalue weighted by atomic mass is 10.2. The monoisotopic (exact) mass is 283 g/mol. The summed E-state index contributed by atoms with van der Waals surface area (Å²) in [6.45, 7) is 9.10. The maximum atomic E-state index is 4.51. The molecule has 2 rings (SSSR count). The van der Waals surface area contributed by atoms with Crippen LogP contribution in [0.4, 0.5) is 5.69 Å². The number of anilines is 1. The number of aromatic nitrogens is 4. The van der Waals surface area contributed by atoms with Crippen molar-refractivity contribution in [2.75, 3.05) is 5.32 Å². The highest BCUT2D eigenvalue weighted by Crippen LogP contribution is 2.15. The van der Waals surface area contributed by atoms with Crippen molar-refractivity contribution in [1.82, 2.24) is 19.6 Å². The maximum Gasteiger partial charge on any atom is 0.0825 e. The highest BCUT2D eigenvalue weighted by Gasteiger charge is 2.08. The van der Waals surface area contributed by atoms with Crippen LogP contribution in [-0.4, -0.2) is 19.6 Å². The molecule has 2 aromatic rings. The summed E-state index contributed by atoms with van der Waals surface area (Å²) in [7, 11) is 1.93. The number of hydrogen-bond acceptors (Lipinski definition) is 3. The molecule has 19 heavy (non-hydrogen) atoms. The highest BCUT2D eigenvalue weighted by atomic mass is 35.5. The zero-order valence-corrected chi connectivity index (χ0v) is 13.0. The number of nitrogens with one attached hydrogen (secondary N) is 1. The number of hydrogen-bond donors (Lipinski definition) is 1. The maximum absolute atomic E-state index is 4.51. The lowest BCUT2D eigenvalue weighted by Crippen LogP contribution is -2.01. The van der Waals surface area contributed by atoms with Crippen LogP contribution in [0.25, 0.3) is 0 Å². The zero-order valence-electron chi connectivity index (χ0n) is 12.1. The van der Waals surface area contributed by atoms with Gasteiger partial charge in [-0.2, -0.15) is 10.2 Å². The number of aryl methyl sites for hydroxylation is 3. The Bertz CT molecular complexity index is 541. The molecule has 0 aromatic carbocycles. The first-order valence-electron chi connectivity index (χ1n) is 6.26. The summed E-state index contributed by atoms with van der Waals surface area (Å²) in [5.41, 5.74) is 4.41. The number of rotatable bonds is 4. The lowest BCUT2D eigenvalue weighted by molar-refractivity contribution is 0.529. The Labute approximate surface area is 120 Å². The van der Waals surface area contributed by atoms with Crippen molar-refractivity contribution in [3.05, 3.63) is 29.3 Å². The van der Waals surface area contributed by atoms with E-state index in [0.29, 0.717) is 6.04 Å². The summed E-state index contributed by atoms with van der Waals surface area (Å²) in [5, 5.41) is 12.2. The fourth-order valence-corrected chi connectivity index (χ4v) is 1.92. The zero-order chi connectivity index (χ0) is 13.3. The fourth-order valence-electron chi connectivity index (χ4n) is 1.92. The summed E-state index contributed by atoms with van der Waals surface area (Å²) in [4.78, 5) is 0. The molecule has 0 amide bonds. The summed E-state index contributed by atoms with van der Waals surface area (Å²) < 4.78 is 3.82. The average molecular weight is 284 g/mol. The Balaban J connectivity index is 0.00000180. The molecule has 0 radical (unpaired) electrons. The second-order valence-electron chi connectivity index (χ2n) is 4.97. The molecule has 1 N–H and O–H groups in total. The SMILES string of the molecule is Cc1nn(C(C)C)cc1CNc1cn(C)nc1C.Cl. The van der Waals surface area contributed by atoms with Crippen molar-refractivity contribution in [3.8, 4) is 0 Å². The second kappa shape index (κ2) is 6.10. The van der Waals surface area contributed by atoms with Crippen molar-refractivity contribution in [2.24, 2.45) is 7.05 Å². The van der Waals surface area contributed by atoms with Crippen LogP contribution in [0.1, 0.15) is 36.8 Å². The van der Waals surface area contributed by atoms with Gasteiger partial charge >= 0.3 is 0 Å². The van der Waals surface area contributed by atoms with Gasteiger partial charge in [-0.15, -0.1) is 12.4 Å². The molecule has 2 aromatic heterocycles. The smallest absolute Gasteiger partial charge is 0.0825 e. The molecule has 0 atom stereocenters. The van der Waals surface area contributed by atoms with E-state index >= 15 is 0 Å². The van der Waals surface area contributed by atoms with Crippen molar-refractivity contribution < 1.29 is 0 Å². The molecule has 6 heteroatoms. The van der Waals surface area contributed by atoms with Crippen molar-refractivity contribution >= 4 is 18.1 Å². The van der Waals surface area contributed by atoms with Gasteiger partial charge in [-0.3, -0.25) is 9.36 Å². The lowest BCUT2D eigenvalue weighted by Gasteiger charge is -2.04. The second-order valence-corrected chi connectivity index (χ2v) is 4.97. The van der Waals surface area contributed by atoms with Gasteiger partial charge in [0.15, 0.2) is 0 Å². The molecule has 0 aliphatic carbocycles. The molecule has 0 bridgehead atoms. The van der Waals surface area contributed by atoms with Gasteiger partial charge in [-0.25, -0.2) is 0 Å². The Morgan fingerprint density at radius 1 is 1.16 bits per heavy atom. The van der Waals surface area contributed by atoms with E-state index in [0.717, 1.165) is 23.6 Å². The van der Waals surface area contributed by atoms with E-state index in [4.69, 9.17) is 0 Å². The van der Waals surface area contributed by atoms with Crippen LogP contribution < -0.4 is 5.32 Å². The van der Waals surface area contributed by atoms with E-state index in [1.54, 1.807) is 0 Å². The Morgan fingerprint density at radius 2 is 1.84 bits per heavy atom. The van der Waals surface area contributed by atoms with Crippen LogP contribution in [0.3, 0.4) is 0 Å². The van der Waals surface area contributed by atoms with Gasteiger partial charge in [0.25, 0.3) is 0 Å². The van der Waals surface area contributed by atoms with Crippen molar-refractivity contribution in [2.45, 2.75) is 40.3 Å². The largest absolute Gasteiger partial charge is 0.378 e. The quantitative estimate of drug-likeness (QED) is 0.939. The summed E-state index contributed by atoms with van der Waals surface area (Å²) in [6.07, 6.45) is 4.11. The topological polar surface area (TPSA) is 47.7 Å². The first-order valence-corrected chi connectivity index (χ1v) is 6.26. The fraction of sp³-hybridized carbons (Fsp3) is 0.538. The van der Waals surface area contributed by atoms with E-state index in [1.165, 1.54) is 5.56 Å². The van der Waals surface area contributed by atoms with E-state index in [2.05, 4.69) is 35.6 Å². The van der Waals surface area contributed by atoms with Gasteiger partial charge in [-0.1, -0.05) is 0 Å². The summed E-state index contributed by atoms with van der Waals surface area (Å²) >= 11 is 0. The predicted molar refractivity (Wildman–Crippen MR) is 79.9 cm³/mol. The minimum absolute atomic E-state index is 0. The van der Waals surface area contributed by atoms with Crippen molar-refractivity contribution in [3.63, 3.8) is 0 Å². The highest BCUT2D eigenvalue weighted by molar-refractivity contribution is 5.85. The van der Waals surface area contributed by atoms with Gasteiger partial charge in [0.2, 0.25) is 0 Å². The van der Waals surface area contributed by atoms with E-state index in [1.807, 2.05) is 36.5 Å². The molecule has 0 aliphatic rings.